The highest BCUT2D eigenvalue weighted by Gasteiger charge is 2.29. The molecule has 0 spiro atoms. The molecule has 1 fully saturated rings. The molecule has 140 valence electrons. The maximum atomic E-state index is 13.6. The number of aryl methyl sites for hydroxylation is 2. The first kappa shape index (κ1) is 17.7. The number of nitrogens with zero attached hydrogens (tertiary/aromatic N) is 4. The van der Waals surface area contributed by atoms with Gasteiger partial charge in [0.1, 0.15) is 0 Å². The fourth-order valence-electron chi connectivity index (χ4n) is 3.72. The molecule has 1 aliphatic rings. The van der Waals surface area contributed by atoms with Crippen LogP contribution < -0.4 is 0 Å². The summed E-state index contributed by atoms with van der Waals surface area (Å²) in [5.74, 6) is 0.566. The number of carbonyl (C=O) groups excluding carboxylic acids is 1. The lowest BCUT2D eigenvalue weighted by Crippen LogP contribution is -2.31. The Morgan fingerprint density at radius 1 is 1.26 bits per heavy atom. The molecule has 1 saturated carbocycles. The molecule has 1 aliphatic carbocycles. The number of hydrogen-bond donors (Lipinski definition) is 0. The molecule has 0 N–H and O–H groups in total. The molecule has 3 aromatic rings. The number of pyridine rings is 1. The molecule has 1 aromatic carbocycles. The molecule has 5 nitrogen and oxygen atoms in total. The monoisotopic (exact) mass is 362 g/mol. The Morgan fingerprint density at radius 2 is 2.00 bits per heavy atom. The molecule has 2 heterocycles. The van der Waals surface area contributed by atoms with Crippen LogP contribution in [0.1, 0.15) is 59.4 Å². The van der Waals surface area contributed by atoms with E-state index in [9.17, 15) is 4.79 Å². The molecule has 0 unspecified atom stereocenters. The maximum absolute atomic E-state index is 13.6. The summed E-state index contributed by atoms with van der Waals surface area (Å²) in [6, 6.07) is 12.2. The summed E-state index contributed by atoms with van der Waals surface area (Å²) in [6.45, 7) is 5.42. The van der Waals surface area contributed by atoms with Gasteiger partial charge >= 0.3 is 0 Å². The first-order chi connectivity index (χ1) is 13.1. The van der Waals surface area contributed by atoms with Crippen LogP contribution in [-0.4, -0.2) is 32.1 Å². The smallest absolute Gasteiger partial charge is 0.255 e. The van der Waals surface area contributed by atoms with Crippen LogP contribution in [0.25, 0.3) is 11.0 Å². The summed E-state index contributed by atoms with van der Waals surface area (Å²) in [5.41, 5.74) is 4.61. The van der Waals surface area contributed by atoms with Gasteiger partial charge in [0.25, 0.3) is 5.91 Å². The third-order valence-corrected chi connectivity index (χ3v) is 5.21. The fourth-order valence-corrected chi connectivity index (χ4v) is 3.72. The van der Waals surface area contributed by atoms with Crippen LogP contribution in [0.3, 0.4) is 0 Å². The van der Waals surface area contributed by atoms with Gasteiger partial charge in [0.05, 0.1) is 16.6 Å². The van der Waals surface area contributed by atoms with Crippen molar-refractivity contribution < 1.29 is 4.79 Å². The quantitative estimate of drug-likeness (QED) is 0.660. The van der Waals surface area contributed by atoms with Gasteiger partial charge in [0.2, 0.25) is 0 Å². The average Bonchev–Trinajstić information content (AvgIpc) is 3.48. The highest BCUT2D eigenvalue weighted by molar-refractivity contribution is 6.06. The summed E-state index contributed by atoms with van der Waals surface area (Å²) in [7, 11) is 1.90. The lowest BCUT2D eigenvalue weighted by atomic mass is 10.1. The van der Waals surface area contributed by atoms with Crippen LogP contribution in [-0.2, 0) is 13.6 Å². The number of rotatable bonds is 6. The van der Waals surface area contributed by atoms with Crippen LogP contribution in [0.5, 0.6) is 0 Å². The van der Waals surface area contributed by atoms with Gasteiger partial charge in [0, 0.05) is 31.7 Å². The number of carbonyl (C=O) groups is 1. The van der Waals surface area contributed by atoms with E-state index in [1.807, 2.05) is 43.1 Å². The Labute approximate surface area is 160 Å². The molecule has 0 aliphatic heterocycles. The first-order valence-electron chi connectivity index (χ1n) is 9.76. The van der Waals surface area contributed by atoms with Crippen molar-refractivity contribution in [2.45, 2.75) is 45.6 Å². The van der Waals surface area contributed by atoms with Gasteiger partial charge in [-0.15, -0.1) is 0 Å². The van der Waals surface area contributed by atoms with E-state index in [0.29, 0.717) is 12.5 Å². The van der Waals surface area contributed by atoms with Crippen LogP contribution >= 0.6 is 0 Å². The fraction of sp³-hybridized carbons (Fsp3) is 0.409. The zero-order valence-electron chi connectivity index (χ0n) is 16.3. The second-order valence-corrected chi connectivity index (χ2v) is 7.49. The molecule has 0 saturated heterocycles. The molecule has 2 aromatic heterocycles. The van der Waals surface area contributed by atoms with Crippen molar-refractivity contribution in [3.05, 3.63) is 58.9 Å². The molecule has 0 radical (unpaired) electrons. The summed E-state index contributed by atoms with van der Waals surface area (Å²) in [4.78, 5) is 20.3. The Bertz CT molecular complexity index is 973. The summed E-state index contributed by atoms with van der Waals surface area (Å²) < 4.78 is 1.80. The van der Waals surface area contributed by atoms with E-state index in [1.165, 1.54) is 0 Å². The second kappa shape index (κ2) is 7.14. The van der Waals surface area contributed by atoms with Crippen molar-refractivity contribution in [2.75, 3.05) is 6.54 Å². The minimum atomic E-state index is 0.0751. The highest BCUT2D eigenvalue weighted by Crippen LogP contribution is 2.40. The van der Waals surface area contributed by atoms with Crippen LogP contribution in [0.4, 0.5) is 0 Å². The van der Waals surface area contributed by atoms with Gasteiger partial charge in [-0.05, 0) is 37.8 Å². The van der Waals surface area contributed by atoms with E-state index < -0.39 is 0 Å². The van der Waals surface area contributed by atoms with Crippen molar-refractivity contribution in [1.29, 1.82) is 0 Å². The summed E-state index contributed by atoms with van der Waals surface area (Å²) in [6.07, 6.45) is 3.24. The van der Waals surface area contributed by atoms with E-state index in [0.717, 1.165) is 59.4 Å². The van der Waals surface area contributed by atoms with E-state index in [2.05, 4.69) is 24.2 Å². The van der Waals surface area contributed by atoms with Crippen molar-refractivity contribution in [3.8, 4) is 0 Å². The molecular weight excluding hydrogens is 336 g/mol. The van der Waals surface area contributed by atoms with E-state index in [4.69, 9.17) is 4.98 Å². The maximum Gasteiger partial charge on any atom is 0.255 e. The molecule has 0 bridgehead atoms. The van der Waals surface area contributed by atoms with E-state index in [-0.39, 0.29) is 5.91 Å². The Hall–Kier alpha value is -2.69. The van der Waals surface area contributed by atoms with Crippen molar-refractivity contribution in [3.63, 3.8) is 0 Å². The van der Waals surface area contributed by atoms with Gasteiger partial charge in [-0.3, -0.25) is 9.48 Å². The minimum absolute atomic E-state index is 0.0751. The summed E-state index contributed by atoms with van der Waals surface area (Å²) >= 11 is 0. The Balaban J connectivity index is 1.77. The number of amides is 1. The molecule has 5 heteroatoms. The molecule has 0 atom stereocenters. The number of benzene rings is 1. The van der Waals surface area contributed by atoms with Crippen molar-refractivity contribution in [1.82, 2.24) is 19.7 Å². The minimum Gasteiger partial charge on any atom is -0.334 e. The van der Waals surface area contributed by atoms with Crippen LogP contribution in [0.15, 0.2) is 36.4 Å². The Morgan fingerprint density at radius 3 is 2.67 bits per heavy atom. The standard InChI is InChI=1S/C22H26N4O/c1-4-12-26(14-16-8-6-5-7-9-16)22(27)18-13-19(17-10-11-17)23-21-20(18)15(2)24-25(21)3/h5-9,13,17H,4,10-12,14H2,1-3H3. The SMILES string of the molecule is CCCN(Cc1ccccc1)C(=O)c1cc(C2CC2)nc2c1c(C)nn2C. The van der Waals surface area contributed by atoms with E-state index >= 15 is 0 Å². The van der Waals surface area contributed by atoms with Crippen LogP contribution in [0, 0.1) is 6.92 Å². The van der Waals surface area contributed by atoms with Gasteiger partial charge in [-0.2, -0.15) is 5.10 Å². The van der Waals surface area contributed by atoms with Gasteiger partial charge in [-0.25, -0.2) is 4.98 Å². The zero-order chi connectivity index (χ0) is 19.0. The molecule has 1 amide bonds. The Kier molecular flexibility index (Phi) is 4.68. The van der Waals surface area contributed by atoms with E-state index in [1.54, 1.807) is 4.68 Å². The zero-order valence-corrected chi connectivity index (χ0v) is 16.3. The number of fused-ring (bicyclic) bond motifs is 1. The topological polar surface area (TPSA) is 51.0 Å². The predicted octanol–water partition coefficient (Wildman–Crippen LogP) is 4.21. The summed E-state index contributed by atoms with van der Waals surface area (Å²) in [5, 5.41) is 5.42. The average molecular weight is 362 g/mol. The third-order valence-electron chi connectivity index (χ3n) is 5.21. The molecule has 27 heavy (non-hydrogen) atoms. The highest BCUT2D eigenvalue weighted by atomic mass is 16.2. The van der Waals surface area contributed by atoms with Crippen LogP contribution in [0.2, 0.25) is 0 Å². The molecule has 4 rings (SSSR count). The predicted molar refractivity (Wildman–Crippen MR) is 107 cm³/mol. The van der Waals surface area contributed by atoms with Gasteiger partial charge in [0.15, 0.2) is 5.65 Å². The number of aromatic nitrogens is 3. The lowest BCUT2D eigenvalue weighted by Gasteiger charge is -2.23. The van der Waals surface area contributed by atoms with Crippen molar-refractivity contribution >= 4 is 16.9 Å². The first-order valence-corrected chi connectivity index (χ1v) is 9.76. The lowest BCUT2D eigenvalue weighted by molar-refractivity contribution is 0.0745. The molecular formula is C22H26N4O. The van der Waals surface area contributed by atoms with Gasteiger partial charge in [-0.1, -0.05) is 37.3 Å². The van der Waals surface area contributed by atoms with Gasteiger partial charge < -0.3 is 4.90 Å². The third kappa shape index (κ3) is 3.46. The second-order valence-electron chi connectivity index (χ2n) is 7.49. The number of hydrogen-bond acceptors (Lipinski definition) is 3. The largest absolute Gasteiger partial charge is 0.334 e. The van der Waals surface area contributed by atoms with Crippen molar-refractivity contribution in [2.24, 2.45) is 7.05 Å². The normalized spacial score (nSPS) is 13.9.